The van der Waals surface area contributed by atoms with E-state index in [0.717, 1.165) is 34.7 Å². The molecule has 0 unspecified atom stereocenters. The van der Waals surface area contributed by atoms with Crippen molar-refractivity contribution >= 4 is 17.5 Å². The van der Waals surface area contributed by atoms with Gasteiger partial charge in [-0.25, -0.2) is 4.98 Å². The summed E-state index contributed by atoms with van der Waals surface area (Å²) in [7, 11) is 0. The third kappa shape index (κ3) is 3.78. The van der Waals surface area contributed by atoms with Crippen molar-refractivity contribution in [3.63, 3.8) is 0 Å². The first kappa shape index (κ1) is 18.6. The zero-order valence-electron chi connectivity index (χ0n) is 15.9. The second-order valence-electron chi connectivity index (χ2n) is 7.96. The number of nitrogens with one attached hydrogen (secondary N) is 1. The largest absolute Gasteiger partial charge is 0.344 e. The average molecular weight is 396 g/mol. The van der Waals surface area contributed by atoms with Crippen LogP contribution in [0.25, 0.3) is 0 Å². The van der Waals surface area contributed by atoms with Crippen LogP contribution in [0.3, 0.4) is 0 Å². The van der Waals surface area contributed by atoms with Crippen LogP contribution in [0.4, 0.5) is 0 Å². The molecular formula is C21H22ClN5O. The Morgan fingerprint density at radius 2 is 2.11 bits per heavy atom. The van der Waals surface area contributed by atoms with E-state index in [1.807, 2.05) is 35.1 Å². The van der Waals surface area contributed by atoms with Gasteiger partial charge in [-0.3, -0.25) is 14.5 Å². The van der Waals surface area contributed by atoms with Crippen molar-refractivity contribution in [3.05, 3.63) is 76.6 Å². The Kier molecular flexibility index (Phi) is 4.89. The maximum Gasteiger partial charge on any atom is 0.271 e. The van der Waals surface area contributed by atoms with Crippen molar-refractivity contribution in [1.82, 2.24) is 25.1 Å². The number of aromatic nitrogens is 4. The number of fused-ring (bicyclic) bond motifs is 1. The molecule has 28 heavy (non-hydrogen) atoms. The highest BCUT2D eigenvalue weighted by Gasteiger charge is 2.36. The van der Waals surface area contributed by atoms with Crippen molar-refractivity contribution in [2.45, 2.75) is 39.3 Å². The number of amides is 1. The molecule has 1 amide bonds. The van der Waals surface area contributed by atoms with Gasteiger partial charge in [0.15, 0.2) is 0 Å². The van der Waals surface area contributed by atoms with E-state index in [2.05, 4.69) is 34.2 Å². The maximum atomic E-state index is 12.6. The lowest BCUT2D eigenvalue weighted by atomic mass is 9.74. The molecule has 1 aliphatic carbocycles. The summed E-state index contributed by atoms with van der Waals surface area (Å²) >= 11 is 6.33. The highest BCUT2D eigenvalue weighted by Crippen LogP contribution is 2.41. The minimum Gasteiger partial charge on any atom is -0.344 e. The molecule has 0 aliphatic heterocycles. The molecular weight excluding hydrogens is 374 g/mol. The number of rotatable bonds is 4. The zero-order valence-corrected chi connectivity index (χ0v) is 16.6. The van der Waals surface area contributed by atoms with E-state index >= 15 is 0 Å². The van der Waals surface area contributed by atoms with Crippen molar-refractivity contribution in [3.8, 4) is 0 Å². The van der Waals surface area contributed by atoms with Gasteiger partial charge in [-0.1, -0.05) is 43.6 Å². The van der Waals surface area contributed by atoms with Crippen LogP contribution in [0.5, 0.6) is 0 Å². The number of benzene rings is 1. The zero-order chi connectivity index (χ0) is 19.7. The van der Waals surface area contributed by atoms with Crippen LogP contribution in [0.2, 0.25) is 5.02 Å². The minimum absolute atomic E-state index is 0.0333. The quantitative estimate of drug-likeness (QED) is 0.728. The smallest absolute Gasteiger partial charge is 0.271 e. The van der Waals surface area contributed by atoms with Crippen LogP contribution >= 0.6 is 11.6 Å². The fraction of sp³-hybridized carbons (Fsp3) is 0.333. The molecule has 1 N–H and O–H groups in total. The molecule has 0 bridgehead atoms. The standard InChI is InChI=1S/C21H22ClN5O/c1-21(2)9-17(26-20(28)18-12-23-7-8-24-18)15-11-25-27(19(15)10-21)13-14-5-3-4-6-16(14)22/h3-8,11-12,17H,9-10,13H2,1-2H3,(H,26,28)/t17-/m1/s1. The van der Waals surface area contributed by atoms with Crippen molar-refractivity contribution in [2.75, 3.05) is 0 Å². The van der Waals surface area contributed by atoms with Crippen LogP contribution in [0.15, 0.2) is 49.1 Å². The number of nitrogens with zero attached hydrogens (tertiary/aromatic N) is 4. The second-order valence-corrected chi connectivity index (χ2v) is 8.36. The molecule has 1 atom stereocenters. The Morgan fingerprint density at radius 3 is 2.86 bits per heavy atom. The van der Waals surface area contributed by atoms with Gasteiger partial charge in [-0.05, 0) is 29.9 Å². The molecule has 6 nitrogen and oxygen atoms in total. The first-order valence-electron chi connectivity index (χ1n) is 9.28. The fourth-order valence-electron chi connectivity index (χ4n) is 3.80. The van der Waals surface area contributed by atoms with E-state index in [1.165, 1.54) is 12.4 Å². The molecule has 1 aromatic carbocycles. The molecule has 3 aromatic rings. The predicted octanol–water partition coefficient (Wildman–Crippen LogP) is 3.82. The lowest BCUT2D eigenvalue weighted by Gasteiger charge is -2.36. The number of carbonyl (C=O) groups excluding carboxylic acids is 1. The third-order valence-corrected chi connectivity index (χ3v) is 5.51. The molecule has 0 saturated carbocycles. The highest BCUT2D eigenvalue weighted by molar-refractivity contribution is 6.31. The van der Waals surface area contributed by atoms with Gasteiger partial charge in [0, 0.05) is 28.7 Å². The van der Waals surface area contributed by atoms with Crippen LogP contribution in [-0.4, -0.2) is 25.7 Å². The third-order valence-electron chi connectivity index (χ3n) is 5.14. The Balaban J connectivity index is 1.63. The normalized spacial score (nSPS) is 17.8. The highest BCUT2D eigenvalue weighted by atomic mass is 35.5. The summed E-state index contributed by atoms with van der Waals surface area (Å²) in [6.45, 7) is 5.03. The van der Waals surface area contributed by atoms with E-state index in [-0.39, 0.29) is 17.4 Å². The number of hydrogen-bond donors (Lipinski definition) is 1. The number of carbonyl (C=O) groups is 1. The van der Waals surface area contributed by atoms with Crippen LogP contribution in [0.1, 0.15) is 53.6 Å². The van der Waals surface area contributed by atoms with Gasteiger partial charge in [-0.2, -0.15) is 5.10 Å². The van der Waals surface area contributed by atoms with Crippen molar-refractivity contribution < 1.29 is 4.79 Å². The van der Waals surface area contributed by atoms with Crippen molar-refractivity contribution in [1.29, 1.82) is 0 Å². The molecule has 0 fully saturated rings. The van der Waals surface area contributed by atoms with Gasteiger partial charge >= 0.3 is 0 Å². The van der Waals surface area contributed by atoms with Crippen LogP contribution in [0, 0.1) is 5.41 Å². The van der Waals surface area contributed by atoms with E-state index in [4.69, 9.17) is 11.6 Å². The molecule has 0 radical (unpaired) electrons. The number of hydrogen-bond acceptors (Lipinski definition) is 4. The molecule has 4 rings (SSSR count). The Labute approximate surface area is 169 Å². The monoisotopic (exact) mass is 395 g/mol. The van der Waals surface area contributed by atoms with E-state index in [1.54, 1.807) is 6.20 Å². The topological polar surface area (TPSA) is 72.7 Å². The SMILES string of the molecule is CC1(C)Cc2c(cnn2Cc2ccccc2Cl)[C@H](NC(=O)c2cnccn2)C1. The molecule has 7 heteroatoms. The Morgan fingerprint density at radius 1 is 1.29 bits per heavy atom. The predicted molar refractivity (Wildman–Crippen MR) is 107 cm³/mol. The first-order chi connectivity index (χ1) is 13.4. The molecule has 144 valence electrons. The van der Waals surface area contributed by atoms with E-state index in [9.17, 15) is 4.79 Å². The van der Waals surface area contributed by atoms with Crippen molar-refractivity contribution in [2.24, 2.45) is 5.41 Å². The second kappa shape index (κ2) is 7.36. The first-order valence-corrected chi connectivity index (χ1v) is 9.66. The van der Waals surface area contributed by atoms with Crippen LogP contribution < -0.4 is 5.32 Å². The summed E-state index contributed by atoms with van der Waals surface area (Å²) in [6.07, 6.45) is 8.15. The lowest BCUT2D eigenvalue weighted by molar-refractivity contribution is 0.0913. The Hall–Kier alpha value is -2.73. The average Bonchev–Trinajstić information content (AvgIpc) is 3.06. The number of halogens is 1. The lowest BCUT2D eigenvalue weighted by Crippen LogP contribution is -2.37. The summed E-state index contributed by atoms with van der Waals surface area (Å²) < 4.78 is 2.00. The van der Waals surface area contributed by atoms with Gasteiger partial charge in [-0.15, -0.1) is 0 Å². The molecule has 2 aromatic heterocycles. The summed E-state index contributed by atoms with van der Waals surface area (Å²) in [5, 5.41) is 8.45. The molecule has 1 aliphatic rings. The molecule has 0 saturated heterocycles. The fourth-order valence-corrected chi connectivity index (χ4v) is 3.99. The van der Waals surface area contributed by atoms with Gasteiger partial charge in [0.2, 0.25) is 0 Å². The summed E-state index contributed by atoms with van der Waals surface area (Å²) in [5.74, 6) is -0.222. The summed E-state index contributed by atoms with van der Waals surface area (Å²) in [6, 6.07) is 7.68. The van der Waals surface area contributed by atoms with E-state index < -0.39 is 0 Å². The summed E-state index contributed by atoms with van der Waals surface area (Å²) in [4.78, 5) is 20.7. The van der Waals surface area contributed by atoms with Gasteiger partial charge in [0.05, 0.1) is 25.0 Å². The molecule has 0 spiro atoms. The summed E-state index contributed by atoms with van der Waals surface area (Å²) in [5.41, 5.74) is 3.57. The van der Waals surface area contributed by atoms with Gasteiger partial charge in [0.1, 0.15) is 5.69 Å². The Bertz CT molecular complexity index is 999. The molecule has 2 heterocycles. The van der Waals surface area contributed by atoms with Crippen LogP contribution in [-0.2, 0) is 13.0 Å². The maximum absolute atomic E-state index is 12.6. The van der Waals surface area contributed by atoms with Gasteiger partial charge < -0.3 is 5.32 Å². The van der Waals surface area contributed by atoms with Gasteiger partial charge in [0.25, 0.3) is 5.91 Å². The van der Waals surface area contributed by atoms with E-state index in [0.29, 0.717) is 12.2 Å². The minimum atomic E-state index is -0.222.